The van der Waals surface area contributed by atoms with Gasteiger partial charge >= 0.3 is 0 Å². The van der Waals surface area contributed by atoms with Gasteiger partial charge in [0.15, 0.2) is 0 Å². The number of rotatable bonds is 13. The van der Waals surface area contributed by atoms with Gasteiger partial charge in [-0.15, -0.1) is 0 Å². The van der Waals surface area contributed by atoms with Crippen LogP contribution in [-0.2, 0) is 11.3 Å². The first kappa shape index (κ1) is 19.5. The van der Waals surface area contributed by atoms with Crippen molar-refractivity contribution in [3.8, 4) is 0 Å². The summed E-state index contributed by atoms with van der Waals surface area (Å²) in [5, 5.41) is 0. The quantitative estimate of drug-likeness (QED) is 0.414. The highest BCUT2D eigenvalue weighted by Crippen LogP contribution is 2.29. The molecule has 0 bridgehead atoms. The van der Waals surface area contributed by atoms with E-state index in [2.05, 4.69) is 22.7 Å². The van der Waals surface area contributed by atoms with Gasteiger partial charge in [0, 0.05) is 19.0 Å². The Balaban J connectivity index is 1.61. The van der Waals surface area contributed by atoms with Crippen LogP contribution in [0.3, 0.4) is 0 Å². The van der Waals surface area contributed by atoms with E-state index in [9.17, 15) is 0 Å². The highest BCUT2D eigenvalue weighted by Gasteiger charge is 2.24. The molecule has 1 fully saturated rings. The maximum absolute atomic E-state index is 6.35. The largest absolute Gasteiger partial charge is 0.376 e. The van der Waals surface area contributed by atoms with Crippen molar-refractivity contribution in [2.45, 2.75) is 103 Å². The second kappa shape index (κ2) is 12.5. The van der Waals surface area contributed by atoms with Crippen molar-refractivity contribution >= 4 is 0 Å². The van der Waals surface area contributed by atoms with Gasteiger partial charge in [-0.25, -0.2) is 4.98 Å². The molecular formula is C21H38N2O. The first-order chi connectivity index (χ1) is 11.9. The maximum atomic E-state index is 6.35. The standard InChI is InChI=1S/C21H38N2O/c1-2-3-4-5-6-7-8-12-17-24-21(18-23-16-15-22-19-23)20-13-10-9-11-14-20/h15-16,19-21H,2-14,17-18H2,1H3. The number of ether oxygens (including phenoxy) is 1. The minimum absolute atomic E-state index is 0.379. The molecule has 0 aromatic carbocycles. The van der Waals surface area contributed by atoms with Crippen molar-refractivity contribution in [3.63, 3.8) is 0 Å². The SMILES string of the molecule is CCCCCCCCCCOC(Cn1ccnc1)C1CCCCC1. The maximum Gasteiger partial charge on any atom is 0.0946 e. The van der Waals surface area contributed by atoms with Crippen LogP contribution in [0.25, 0.3) is 0 Å². The zero-order valence-electron chi connectivity index (χ0n) is 15.8. The van der Waals surface area contributed by atoms with E-state index in [0.29, 0.717) is 6.10 Å². The van der Waals surface area contributed by atoms with Gasteiger partial charge in [-0.2, -0.15) is 0 Å². The fraction of sp³-hybridized carbons (Fsp3) is 0.857. The third kappa shape index (κ3) is 7.83. The van der Waals surface area contributed by atoms with Crippen LogP contribution in [0, 0.1) is 5.92 Å². The number of aromatic nitrogens is 2. The van der Waals surface area contributed by atoms with E-state index in [0.717, 1.165) is 19.1 Å². The van der Waals surface area contributed by atoms with E-state index >= 15 is 0 Å². The van der Waals surface area contributed by atoms with Crippen LogP contribution in [0.5, 0.6) is 0 Å². The fourth-order valence-electron chi connectivity index (χ4n) is 3.92. The van der Waals surface area contributed by atoms with Gasteiger partial charge in [0.25, 0.3) is 0 Å². The summed E-state index contributed by atoms with van der Waals surface area (Å²) < 4.78 is 8.54. The second-order valence-corrected chi connectivity index (χ2v) is 7.54. The molecule has 0 N–H and O–H groups in total. The number of unbranched alkanes of at least 4 members (excludes halogenated alkanes) is 7. The van der Waals surface area contributed by atoms with Gasteiger partial charge in [0.2, 0.25) is 0 Å². The fourth-order valence-corrected chi connectivity index (χ4v) is 3.92. The van der Waals surface area contributed by atoms with Crippen LogP contribution in [-0.4, -0.2) is 22.3 Å². The molecular weight excluding hydrogens is 296 g/mol. The summed E-state index contributed by atoms with van der Waals surface area (Å²) in [4.78, 5) is 4.18. The molecule has 0 saturated heterocycles. The highest BCUT2D eigenvalue weighted by atomic mass is 16.5. The second-order valence-electron chi connectivity index (χ2n) is 7.54. The summed E-state index contributed by atoms with van der Waals surface area (Å²) in [6.07, 6.45) is 24.0. The van der Waals surface area contributed by atoms with Crippen molar-refractivity contribution in [2.24, 2.45) is 5.92 Å². The topological polar surface area (TPSA) is 27.1 Å². The first-order valence-corrected chi connectivity index (χ1v) is 10.5. The van der Waals surface area contributed by atoms with Crippen molar-refractivity contribution < 1.29 is 4.74 Å². The molecule has 1 atom stereocenters. The van der Waals surface area contributed by atoms with Gasteiger partial charge in [-0.05, 0) is 25.2 Å². The molecule has 0 spiro atoms. The van der Waals surface area contributed by atoms with Crippen LogP contribution in [0.15, 0.2) is 18.7 Å². The smallest absolute Gasteiger partial charge is 0.0946 e. The van der Waals surface area contributed by atoms with E-state index in [1.807, 2.05) is 12.5 Å². The first-order valence-electron chi connectivity index (χ1n) is 10.5. The lowest BCUT2D eigenvalue weighted by Gasteiger charge is -2.30. The molecule has 138 valence electrons. The molecule has 2 rings (SSSR count). The summed E-state index contributed by atoms with van der Waals surface area (Å²) in [5.74, 6) is 0.746. The summed E-state index contributed by atoms with van der Waals surface area (Å²) in [6, 6.07) is 0. The molecule has 1 heterocycles. The lowest BCUT2D eigenvalue weighted by atomic mass is 9.85. The number of hydrogen-bond donors (Lipinski definition) is 0. The van der Waals surface area contributed by atoms with Crippen LogP contribution in [0.2, 0.25) is 0 Å². The molecule has 0 amide bonds. The number of nitrogens with zero attached hydrogens (tertiary/aromatic N) is 2. The molecule has 1 aromatic rings. The molecule has 0 aliphatic heterocycles. The van der Waals surface area contributed by atoms with E-state index in [1.165, 1.54) is 83.5 Å². The molecule has 1 saturated carbocycles. The monoisotopic (exact) mass is 334 g/mol. The van der Waals surface area contributed by atoms with E-state index in [-0.39, 0.29) is 0 Å². The molecule has 3 nitrogen and oxygen atoms in total. The van der Waals surface area contributed by atoms with Crippen molar-refractivity contribution in [3.05, 3.63) is 18.7 Å². The minimum Gasteiger partial charge on any atom is -0.376 e. The van der Waals surface area contributed by atoms with Crippen molar-refractivity contribution in [1.29, 1.82) is 0 Å². The van der Waals surface area contributed by atoms with Gasteiger partial charge in [0.1, 0.15) is 0 Å². The number of imidazole rings is 1. The van der Waals surface area contributed by atoms with E-state index < -0.39 is 0 Å². The average Bonchev–Trinajstić information content (AvgIpc) is 3.13. The van der Waals surface area contributed by atoms with Crippen LogP contribution < -0.4 is 0 Å². The summed E-state index contributed by atoms with van der Waals surface area (Å²) in [7, 11) is 0. The Hall–Kier alpha value is -0.830. The third-order valence-electron chi connectivity index (χ3n) is 5.46. The summed E-state index contributed by atoms with van der Waals surface area (Å²) >= 11 is 0. The predicted molar refractivity (Wildman–Crippen MR) is 101 cm³/mol. The summed E-state index contributed by atoms with van der Waals surface area (Å²) in [6.45, 7) is 4.19. The molecule has 1 aromatic heterocycles. The Morgan fingerprint density at radius 3 is 2.38 bits per heavy atom. The Morgan fingerprint density at radius 2 is 1.71 bits per heavy atom. The lowest BCUT2D eigenvalue weighted by molar-refractivity contribution is -0.0118. The van der Waals surface area contributed by atoms with Crippen molar-refractivity contribution in [2.75, 3.05) is 6.61 Å². The Bertz CT molecular complexity index is 385. The highest BCUT2D eigenvalue weighted by molar-refractivity contribution is 4.80. The van der Waals surface area contributed by atoms with E-state index in [1.54, 1.807) is 0 Å². The van der Waals surface area contributed by atoms with Gasteiger partial charge in [-0.3, -0.25) is 0 Å². The Labute approximate surface area is 149 Å². The van der Waals surface area contributed by atoms with Gasteiger partial charge in [0.05, 0.1) is 19.0 Å². The Morgan fingerprint density at radius 1 is 1.00 bits per heavy atom. The summed E-state index contributed by atoms with van der Waals surface area (Å²) in [5.41, 5.74) is 0. The Kier molecular flexibility index (Phi) is 10.2. The average molecular weight is 335 g/mol. The molecule has 1 aliphatic carbocycles. The molecule has 1 aliphatic rings. The van der Waals surface area contributed by atoms with Crippen LogP contribution in [0.4, 0.5) is 0 Å². The van der Waals surface area contributed by atoms with Crippen LogP contribution >= 0.6 is 0 Å². The minimum atomic E-state index is 0.379. The predicted octanol–water partition coefficient (Wildman–Crippen LogP) is 5.99. The van der Waals surface area contributed by atoms with E-state index in [4.69, 9.17) is 4.74 Å². The molecule has 0 radical (unpaired) electrons. The van der Waals surface area contributed by atoms with Gasteiger partial charge in [-0.1, -0.05) is 71.1 Å². The molecule has 1 unspecified atom stereocenters. The third-order valence-corrected chi connectivity index (χ3v) is 5.46. The lowest BCUT2D eigenvalue weighted by Crippen LogP contribution is -2.30. The molecule has 3 heteroatoms. The number of hydrogen-bond acceptors (Lipinski definition) is 2. The zero-order chi connectivity index (χ0) is 16.9. The van der Waals surface area contributed by atoms with Crippen LogP contribution in [0.1, 0.15) is 90.4 Å². The normalized spacial score (nSPS) is 17.2. The molecule has 24 heavy (non-hydrogen) atoms. The zero-order valence-corrected chi connectivity index (χ0v) is 15.8. The van der Waals surface area contributed by atoms with Gasteiger partial charge < -0.3 is 9.30 Å². The van der Waals surface area contributed by atoms with Crippen molar-refractivity contribution in [1.82, 2.24) is 9.55 Å².